The Morgan fingerprint density at radius 1 is 0.627 bits per heavy atom. The van der Waals surface area contributed by atoms with Gasteiger partial charge in [0.1, 0.15) is 11.6 Å². The number of nitrogens with zero attached hydrogens (tertiary/aromatic N) is 5. The molecule has 6 fully saturated rings. The molecule has 12 rings (SSSR count). The summed E-state index contributed by atoms with van der Waals surface area (Å²) in [4.78, 5) is 61.4. The lowest BCUT2D eigenvalue weighted by Crippen LogP contribution is -2.52. The summed E-state index contributed by atoms with van der Waals surface area (Å²) in [6.45, 7) is 18.2. The summed E-state index contributed by atoms with van der Waals surface area (Å²) in [6, 6.07) is 20.6. The second kappa shape index (κ2) is 17.0. The molecule has 6 unspecified atom stereocenters. The number of hydrogen-bond acceptors (Lipinski definition) is 7. The zero-order valence-corrected chi connectivity index (χ0v) is 40.4. The van der Waals surface area contributed by atoms with E-state index in [4.69, 9.17) is 15.1 Å². The van der Waals surface area contributed by atoms with Crippen LogP contribution in [-0.4, -0.2) is 78.0 Å². The van der Waals surface area contributed by atoms with E-state index in [1.165, 1.54) is 38.5 Å². The minimum Gasteiger partial charge on any atom is -0.481 e. The summed E-state index contributed by atoms with van der Waals surface area (Å²) in [6.07, 6.45) is 11.1. The average molecular weight is 911 g/mol. The molecule has 67 heavy (non-hydrogen) atoms. The number of aromatic nitrogens is 4. The molecule has 2 aromatic heterocycles. The van der Waals surface area contributed by atoms with Gasteiger partial charge in [0, 0.05) is 61.9 Å². The van der Waals surface area contributed by atoms with E-state index in [-0.39, 0.29) is 63.3 Å². The molecule has 13 heteroatoms. The normalized spacial score (nSPS) is 29.1. The van der Waals surface area contributed by atoms with E-state index in [2.05, 4.69) is 78.8 Å². The van der Waals surface area contributed by atoms with Gasteiger partial charge >= 0.3 is 5.97 Å². The number of carboxylic acid groups (broad SMARTS) is 1. The van der Waals surface area contributed by atoms with Crippen LogP contribution in [0.15, 0.2) is 60.7 Å². The molecule has 2 aromatic carbocycles. The number of imidazole rings is 2. The smallest absolute Gasteiger partial charge is 0.306 e. The molecule has 4 bridgehead atoms. The van der Waals surface area contributed by atoms with E-state index >= 15 is 0 Å². The Labute approximate surface area is 395 Å². The van der Waals surface area contributed by atoms with Gasteiger partial charge in [-0.1, -0.05) is 102 Å². The first-order valence-corrected chi connectivity index (χ1v) is 25.1. The lowest BCUT2D eigenvalue weighted by Gasteiger charge is -2.43. The maximum absolute atomic E-state index is 13.8. The Hall–Kier alpha value is -5.30. The molecule has 2 aliphatic heterocycles. The number of amides is 3. The number of carboxylic acids is 1. The minimum atomic E-state index is -0.630. The van der Waals surface area contributed by atoms with Crippen molar-refractivity contribution in [1.29, 1.82) is 0 Å². The fraction of sp³-hybridized carbons (Fsp3) is 0.593. The van der Waals surface area contributed by atoms with Gasteiger partial charge in [-0.2, -0.15) is 0 Å². The molecule has 4 N–H and O–H groups in total. The van der Waals surface area contributed by atoms with E-state index in [0.29, 0.717) is 49.4 Å². The third kappa shape index (κ3) is 8.30. The van der Waals surface area contributed by atoms with E-state index in [1.807, 2.05) is 53.4 Å². The standard InChI is InChI=1S/C27H34N4O2.C23H30N4O.C4H6O2/c1-26(2)19-11-12-27(3,15-19)25(26)29-23(32)21-20-16-30(24(33)18-9-10-18)13-14-31(20)22(28-21)17-7-5-4-6-8-17;1-22(2)16-9-10-23(3,13-16)21(22)26-20(28)18-17-14-24-11-12-27(17)19(25-18)15-7-5-4-6-8-15;5-4(6)3-1-2-3/h4-8,18-19,25H,9-16H2,1-3H3,(H,29,32);4-8,16,21,24H,9-14H2,1-3H3,(H,26,28);3H,1-2H2,(H,5,6). The molecule has 13 nitrogen and oxygen atoms in total. The number of rotatable bonds is 8. The molecule has 4 heterocycles. The van der Waals surface area contributed by atoms with Crippen molar-refractivity contribution in [3.8, 4) is 22.8 Å². The van der Waals surface area contributed by atoms with E-state index in [9.17, 15) is 19.2 Å². The molecule has 6 saturated carbocycles. The summed E-state index contributed by atoms with van der Waals surface area (Å²) >= 11 is 0. The van der Waals surface area contributed by atoms with Gasteiger partial charge < -0.3 is 35.1 Å². The lowest BCUT2D eigenvalue weighted by atomic mass is 9.68. The van der Waals surface area contributed by atoms with Crippen molar-refractivity contribution < 1.29 is 24.3 Å². The van der Waals surface area contributed by atoms with Gasteiger partial charge in [-0.15, -0.1) is 0 Å². The Bertz CT molecular complexity index is 2550. The average Bonchev–Trinajstić information content (AvgIpc) is 4.17. The molecule has 0 radical (unpaired) electrons. The SMILES string of the molecule is CC12CCC(C1)C(C)(C)C2NC(=O)c1nc(-c2ccccc2)n2c1CN(C(=O)C1CC1)CC2.CC12CCC(C1)C(C)(C)C2NC(=O)c1nc(-c2ccccc2)n2c1CNCC2.O=C(O)C1CC1. The van der Waals surface area contributed by atoms with Gasteiger partial charge in [0.05, 0.1) is 23.9 Å². The molecule has 6 atom stereocenters. The highest BCUT2D eigenvalue weighted by Gasteiger charge is 2.61. The molecule has 0 saturated heterocycles. The monoisotopic (exact) mass is 911 g/mol. The number of carbonyl (C=O) groups is 4. The third-order valence-corrected chi connectivity index (χ3v) is 17.6. The predicted molar refractivity (Wildman–Crippen MR) is 256 cm³/mol. The summed E-state index contributed by atoms with van der Waals surface area (Å²) in [5.74, 6) is 2.80. The van der Waals surface area contributed by atoms with Crippen LogP contribution >= 0.6 is 0 Å². The van der Waals surface area contributed by atoms with Crippen molar-refractivity contribution in [3.05, 3.63) is 83.4 Å². The Morgan fingerprint density at radius 3 is 1.54 bits per heavy atom. The maximum Gasteiger partial charge on any atom is 0.306 e. The minimum absolute atomic E-state index is 0.0125. The summed E-state index contributed by atoms with van der Waals surface area (Å²) in [7, 11) is 0. The predicted octanol–water partition coefficient (Wildman–Crippen LogP) is 8.33. The summed E-state index contributed by atoms with van der Waals surface area (Å²) < 4.78 is 4.38. The first kappa shape index (κ1) is 45.5. The van der Waals surface area contributed by atoms with Crippen LogP contribution in [0.25, 0.3) is 22.8 Å². The van der Waals surface area contributed by atoms with Crippen molar-refractivity contribution in [2.75, 3.05) is 13.1 Å². The van der Waals surface area contributed by atoms with Gasteiger partial charge in [0.25, 0.3) is 11.8 Å². The fourth-order valence-corrected chi connectivity index (χ4v) is 13.5. The largest absolute Gasteiger partial charge is 0.481 e. The van der Waals surface area contributed by atoms with Crippen LogP contribution < -0.4 is 16.0 Å². The van der Waals surface area contributed by atoms with Crippen LogP contribution in [0.4, 0.5) is 0 Å². The lowest BCUT2D eigenvalue weighted by molar-refractivity contribution is -0.138. The first-order chi connectivity index (χ1) is 32.0. The highest BCUT2D eigenvalue weighted by Crippen LogP contribution is 2.63. The number of benzene rings is 2. The highest BCUT2D eigenvalue weighted by molar-refractivity contribution is 5.95. The van der Waals surface area contributed by atoms with Gasteiger partial charge in [0.2, 0.25) is 5.91 Å². The second-order valence-electron chi connectivity index (χ2n) is 23.0. The number of nitrogens with one attached hydrogen (secondary N) is 3. The van der Waals surface area contributed by atoms with Crippen molar-refractivity contribution >= 4 is 23.7 Å². The van der Waals surface area contributed by atoms with Crippen LogP contribution in [0.5, 0.6) is 0 Å². The molecule has 0 spiro atoms. The van der Waals surface area contributed by atoms with Crippen molar-refractivity contribution in [1.82, 2.24) is 40.0 Å². The van der Waals surface area contributed by atoms with Gasteiger partial charge in [-0.25, -0.2) is 9.97 Å². The molecular formula is C54H70N8O5. The number of aliphatic carboxylic acids is 1. The Balaban J connectivity index is 0.000000141. The quantitative estimate of drug-likeness (QED) is 0.137. The van der Waals surface area contributed by atoms with Crippen LogP contribution in [0.3, 0.4) is 0 Å². The van der Waals surface area contributed by atoms with Gasteiger partial charge in [-0.05, 0) is 97.7 Å². The number of carbonyl (C=O) groups excluding carboxylic acids is 3. The maximum atomic E-state index is 13.8. The zero-order valence-electron chi connectivity index (χ0n) is 40.4. The van der Waals surface area contributed by atoms with Crippen LogP contribution in [0, 0.1) is 45.3 Å². The zero-order chi connectivity index (χ0) is 47.0. The number of fused-ring (bicyclic) bond motifs is 6. The van der Waals surface area contributed by atoms with E-state index in [0.717, 1.165) is 72.9 Å². The van der Waals surface area contributed by atoms with Crippen molar-refractivity contribution in [2.45, 2.75) is 144 Å². The van der Waals surface area contributed by atoms with Crippen LogP contribution in [0.2, 0.25) is 0 Å². The first-order valence-electron chi connectivity index (χ1n) is 25.1. The molecule has 4 aromatic rings. The Morgan fingerprint density at radius 2 is 1.10 bits per heavy atom. The van der Waals surface area contributed by atoms with E-state index < -0.39 is 5.97 Å². The Kier molecular flexibility index (Phi) is 11.6. The van der Waals surface area contributed by atoms with Crippen molar-refractivity contribution in [3.63, 3.8) is 0 Å². The molecule has 3 amide bonds. The summed E-state index contributed by atoms with van der Waals surface area (Å²) in [5, 5.41) is 18.3. The molecule has 6 aliphatic carbocycles. The van der Waals surface area contributed by atoms with Gasteiger partial charge in [0.15, 0.2) is 11.4 Å². The van der Waals surface area contributed by atoms with Gasteiger partial charge in [-0.3, -0.25) is 19.2 Å². The number of hydrogen-bond donors (Lipinski definition) is 4. The van der Waals surface area contributed by atoms with Crippen LogP contribution in [0.1, 0.15) is 138 Å². The van der Waals surface area contributed by atoms with Crippen molar-refractivity contribution in [2.24, 2.45) is 45.3 Å². The second-order valence-corrected chi connectivity index (χ2v) is 23.0. The summed E-state index contributed by atoms with van der Waals surface area (Å²) in [5.41, 5.74) is 5.62. The molecule has 356 valence electrons. The topological polar surface area (TPSA) is 163 Å². The molecule has 8 aliphatic rings. The van der Waals surface area contributed by atoms with E-state index in [1.54, 1.807) is 0 Å². The van der Waals surface area contributed by atoms with Crippen LogP contribution in [-0.2, 0) is 35.8 Å². The third-order valence-electron chi connectivity index (χ3n) is 17.6. The fourth-order valence-electron chi connectivity index (χ4n) is 13.5. The highest BCUT2D eigenvalue weighted by atomic mass is 16.4. The molecular weight excluding hydrogens is 841 g/mol.